The summed E-state index contributed by atoms with van der Waals surface area (Å²) in [5.74, 6) is -0.0102. The lowest BCUT2D eigenvalue weighted by atomic mass is 10.2. The van der Waals surface area contributed by atoms with Crippen LogP contribution in [0.1, 0.15) is 20.7 Å². The molecule has 0 atom stereocenters. The molecule has 0 aliphatic heterocycles. The van der Waals surface area contributed by atoms with Crippen molar-refractivity contribution < 1.29 is 30.0 Å². The van der Waals surface area contributed by atoms with E-state index in [4.69, 9.17) is 20.4 Å². The Balaban J connectivity index is 0.000000191. The highest BCUT2D eigenvalue weighted by atomic mass is 16.3. The van der Waals surface area contributed by atoms with Crippen LogP contribution in [-0.4, -0.2) is 32.2 Å². The van der Waals surface area contributed by atoms with E-state index in [2.05, 4.69) is 10.6 Å². The third kappa shape index (κ3) is 7.03. The number of anilines is 2. The molecule has 0 heterocycles. The monoisotopic (exact) mass is 458 g/mol. The van der Waals surface area contributed by atoms with E-state index in [1.54, 1.807) is 24.3 Å². The van der Waals surface area contributed by atoms with Gasteiger partial charge in [-0.15, -0.1) is 0 Å². The molecule has 8 nitrogen and oxygen atoms in total. The molecule has 0 spiro atoms. The first-order valence-electron chi connectivity index (χ1n) is 10.1. The van der Waals surface area contributed by atoms with Crippen LogP contribution in [0.2, 0.25) is 0 Å². The first-order valence-corrected chi connectivity index (χ1v) is 10.1. The van der Waals surface area contributed by atoms with E-state index in [0.717, 1.165) is 0 Å². The molecule has 4 aromatic carbocycles. The fourth-order valence-electron chi connectivity index (χ4n) is 2.72. The van der Waals surface area contributed by atoms with Gasteiger partial charge in [0.2, 0.25) is 0 Å². The molecule has 6 N–H and O–H groups in total. The van der Waals surface area contributed by atoms with Crippen LogP contribution in [0.15, 0.2) is 97.1 Å². The highest BCUT2D eigenvalue weighted by Crippen LogP contribution is 2.17. The lowest BCUT2D eigenvalue weighted by Crippen LogP contribution is -2.11. The molecule has 0 aliphatic rings. The Morgan fingerprint density at radius 1 is 0.412 bits per heavy atom. The molecule has 2 amide bonds. The molecule has 0 bridgehead atoms. The first-order chi connectivity index (χ1) is 16.3. The zero-order valence-electron chi connectivity index (χ0n) is 17.8. The van der Waals surface area contributed by atoms with Crippen LogP contribution < -0.4 is 10.6 Å². The van der Waals surface area contributed by atoms with Crippen molar-refractivity contribution in [1.82, 2.24) is 0 Å². The van der Waals surface area contributed by atoms with E-state index < -0.39 is 0 Å². The number of amides is 2. The Labute approximate surface area is 195 Å². The van der Waals surface area contributed by atoms with Gasteiger partial charge in [0.25, 0.3) is 11.8 Å². The van der Waals surface area contributed by atoms with Crippen molar-refractivity contribution in [3.8, 4) is 23.0 Å². The normalized spacial score (nSPS) is 9.88. The van der Waals surface area contributed by atoms with Crippen LogP contribution in [0.25, 0.3) is 0 Å². The Bertz CT molecular complexity index is 1140. The Morgan fingerprint density at radius 2 is 0.647 bits per heavy atom. The number of carbonyl (C=O) groups is 2. The third-order valence-electron chi connectivity index (χ3n) is 4.51. The SMILES string of the molecule is O=C(Nc1ccc(O)cc1)c1ccc(O)cc1.O=C(Nc1ccc(O)cc1)c1ccc(O)cc1. The summed E-state index contributed by atoms with van der Waals surface area (Å²) < 4.78 is 0. The molecule has 34 heavy (non-hydrogen) atoms. The Hall–Kier alpha value is -4.98. The number of benzene rings is 4. The van der Waals surface area contributed by atoms with Gasteiger partial charge < -0.3 is 31.1 Å². The van der Waals surface area contributed by atoms with Crippen LogP contribution in [-0.2, 0) is 0 Å². The zero-order chi connectivity index (χ0) is 24.5. The average molecular weight is 458 g/mol. The molecule has 172 valence electrons. The minimum absolute atomic E-state index is 0.117. The van der Waals surface area contributed by atoms with Crippen molar-refractivity contribution in [3.63, 3.8) is 0 Å². The number of phenols is 4. The molecule has 4 aromatic rings. The smallest absolute Gasteiger partial charge is 0.255 e. The number of hydrogen-bond acceptors (Lipinski definition) is 6. The molecule has 4 rings (SSSR count). The summed E-state index contributed by atoms with van der Waals surface area (Å²) >= 11 is 0. The van der Waals surface area contributed by atoms with Gasteiger partial charge in [-0.25, -0.2) is 0 Å². The predicted molar refractivity (Wildman–Crippen MR) is 128 cm³/mol. The Kier molecular flexibility index (Phi) is 7.70. The highest BCUT2D eigenvalue weighted by Gasteiger charge is 2.06. The maximum Gasteiger partial charge on any atom is 0.255 e. The summed E-state index contributed by atoms with van der Waals surface area (Å²) in [5, 5.41) is 41.7. The maximum atomic E-state index is 11.8. The van der Waals surface area contributed by atoms with Gasteiger partial charge in [0.15, 0.2) is 0 Å². The number of hydrogen-bond donors (Lipinski definition) is 6. The fraction of sp³-hybridized carbons (Fsp3) is 0. The molecule has 0 radical (unpaired) electrons. The molecule has 0 aliphatic carbocycles. The van der Waals surface area contributed by atoms with E-state index in [0.29, 0.717) is 22.5 Å². The molecule has 0 aromatic heterocycles. The van der Waals surface area contributed by atoms with Gasteiger partial charge in [-0.1, -0.05) is 0 Å². The summed E-state index contributed by atoms with van der Waals surface area (Å²) in [6.07, 6.45) is 0. The molecule has 0 unspecified atom stereocenters. The van der Waals surface area contributed by atoms with Crippen molar-refractivity contribution in [2.24, 2.45) is 0 Å². The van der Waals surface area contributed by atoms with E-state index in [-0.39, 0.29) is 34.8 Å². The van der Waals surface area contributed by atoms with Crippen molar-refractivity contribution in [1.29, 1.82) is 0 Å². The van der Waals surface area contributed by atoms with Gasteiger partial charge in [0, 0.05) is 22.5 Å². The molecule has 0 fully saturated rings. The van der Waals surface area contributed by atoms with Gasteiger partial charge in [-0.2, -0.15) is 0 Å². The molecule has 0 saturated heterocycles. The number of rotatable bonds is 4. The topological polar surface area (TPSA) is 139 Å². The second-order valence-corrected chi connectivity index (χ2v) is 7.10. The van der Waals surface area contributed by atoms with Crippen molar-refractivity contribution in [2.45, 2.75) is 0 Å². The minimum Gasteiger partial charge on any atom is -0.508 e. The van der Waals surface area contributed by atoms with Crippen LogP contribution in [0.4, 0.5) is 11.4 Å². The summed E-state index contributed by atoms with van der Waals surface area (Å²) in [6.45, 7) is 0. The van der Waals surface area contributed by atoms with E-state index in [1.807, 2.05) is 0 Å². The maximum absolute atomic E-state index is 11.8. The van der Waals surface area contributed by atoms with E-state index >= 15 is 0 Å². The van der Waals surface area contributed by atoms with Crippen molar-refractivity contribution >= 4 is 23.2 Å². The van der Waals surface area contributed by atoms with Gasteiger partial charge >= 0.3 is 0 Å². The predicted octanol–water partition coefficient (Wildman–Crippen LogP) is 4.70. The summed E-state index contributed by atoms with van der Waals surface area (Å²) in [5.41, 5.74) is 2.11. The fourth-order valence-corrected chi connectivity index (χ4v) is 2.72. The lowest BCUT2D eigenvalue weighted by Gasteiger charge is -2.05. The number of aromatic hydroxyl groups is 4. The van der Waals surface area contributed by atoms with Gasteiger partial charge in [-0.3, -0.25) is 9.59 Å². The molecular formula is C26H22N2O6. The summed E-state index contributed by atoms with van der Waals surface area (Å²) in [4.78, 5) is 23.5. The quantitative estimate of drug-likeness (QED) is 0.245. The van der Waals surface area contributed by atoms with E-state index in [1.165, 1.54) is 72.8 Å². The van der Waals surface area contributed by atoms with Crippen LogP contribution >= 0.6 is 0 Å². The standard InChI is InChI=1S/2C13H11NO3/c2*15-11-5-1-9(2-6-11)13(17)14-10-3-7-12(16)8-4-10/h2*1-8,15-16H,(H,14,17). The second kappa shape index (κ2) is 11.1. The number of nitrogens with one attached hydrogen (secondary N) is 2. The van der Waals surface area contributed by atoms with E-state index in [9.17, 15) is 9.59 Å². The zero-order valence-corrected chi connectivity index (χ0v) is 17.8. The summed E-state index contributed by atoms with van der Waals surface area (Å²) in [6, 6.07) is 24.3. The lowest BCUT2D eigenvalue weighted by molar-refractivity contribution is 0.101. The van der Waals surface area contributed by atoms with Crippen LogP contribution in [0.3, 0.4) is 0 Å². The van der Waals surface area contributed by atoms with Gasteiger partial charge in [0.1, 0.15) is 23.0 Å². The summed E-state index contributed by atoms with van der Waals surface area (Å²) in [7, 11) is 0. The van der Waals surface area contributed by atoms with Gasteiger partial charge in [-0.05, 0) is 97.1 Å². The average Bonchev–Trinajstić information content (AvgIpc) is 2.83. The van der Waals surface area contributed by atoms with Crippen molar-refractivity contribution in [2.75, 3.05) is 10.6 Å². The largest absolute Gasteiger partial charge is 0.508 e. The van der Waals surface area contributed by atoms with Crippen LogP contribution in [0.5, 0.6) is 23.0 Å². The number of carbonyl (C=O) groups excluding carboxylic acids is 2. The minimum atomic E-state index is -0.268. The van der Waals surface area contributed by atoms with Crippen LogP contribution in [0, 0.1) is 0 Å². The van der Waals surface area contributed by atoms with Gasteiger partial charge in [0.05, 0.1) is 0 Å². The number of phenolic OH excluding ortho intramolecular Hbond substituents is 4. The van der Waals surface area contributed by atoms with Crippen molar-refractivity contribution in [3.05, 3.63) is 108 Å². The first kappa shape index (κ1) is 23.7. The molecular weight excluding hydrogens is 436 g/mol. The highest BCUT2D eigenvalue weighted by molar-refractivity contribution is 6.04. The second-order valence-electron chi connectivity index (χ2n) is 7.10. The molecule has 0 saturated carbocycles. The third-order valence-corrected chi connectivity index (χ3v) is 4.51. The molecule has 8 heteroatoms. The Morgan fingerprint density at radius 3 is 0.912 bits per heavy atom.